The van der Waals surface area contributed by atoms with Crippen molar-refractivity contribution in [2.24, 2.45) is 0 Å². The minimum atomic E-state index is -4.64. The quantitative estimate of drug-likeness (QED) is 0.610. The Labute approximate surface area is 124 Å². The van der Waals surface area contributed by atoms with Crippen LogP contribution in [-0.2, 0) is 6.18 Å². The first-order valence-corrected chi connectivity index (χ1v) is 6.26. The highest BCUT2D eigenvalue weighted by Crippen LogP contribution is 2.30. The highest BCUT2D eigenvalue weighted by atomic mass is 79.9. The van der Waals surface area contributed by atoms with E-state index in [2.05, 4.69) is 31.2 Å². The zero-order chi connectivity index (χ0) is 14.9. The molecule has 0 saturated carbocycles. The Morgan fingerprint density at radius 3 is 2.45 bits per heavy atom. The topological polar surface area (TPSA) is 37.8 Å². The number of alkyl halides is 3. The maximum Gasteiger partial charge on any atom is 0.433 e. The standard InChI is InChI=1S/C11H5BrClF4N3/c12-6-2-1-5(3-7(6)14)18-9-4-8(11(15,16)17)19-10(13)20-9/h1-4H,(H,18,19,20). The van der Waals surface area contributed by atoms with Crippen molar-refractivity contribution in [1.29, 1.82) is 0 Å². The number of anilines is 2. The van der Waals surface area contributed by atoms with E-state index in [1.165, 1.54) is 12.1 Å². The summed E-state index contributed by atoms with van der Waals surface area (Å²) < 4.78 is 51.2. The van der Waals surface area contributed by atoms with Crippen molar-refractivity contribution in [3.63, 3.8) is 0 Å². The number of aromatic nitrogens is 2. The number of benzene rings is 1. The molecule has 20 heavy (non-hydrogen) atoms. The fourth-order valence-corrected chi connectivity index (χ4v) is 1.78. The van der Waals surface area contributed by atoms with Gasteiger partial charge in [0.2, 0.25) is 5.28 Å². The largest absolute Gasteiger partial charge is 0.433 e. The Balaban J connectivity index is 2.33. The zero-order valence-electron chi connectivity index (χ0n) is 9.47. The van der Waals surface area contributed by atoms with Gasteiger partial charge in [-0.3, -0.25) is 0 Å². The molecular weight excluding hydrogens is 365 g/mol. The van der Waals surface area contributed by atoms with Gasteiger partial charge in [0.05, 0.1) is 4.47 Å². The van der Waals surface area contributed by atoms with Crippen molar-refractivity contribution in [3.8, 4) is 0 Å². The molecule has 9 heteroatoms. The molecule has 0 atom stereocenters. The van der Waals surface area contributed by atoms with Gasteiger partial charge in [-0.05, 0) is 45.7 Å². The second-order valence-electron chi connectivity index (χ2n) is 3.66. The lowest BCUT2D eigenvalue weighted by Crippen LogP contribution is -2.10. The van der Waals surface area contributed by atoms with Crippen LogP contribution in [0, 0.1) is 5.82 Å². The Morgan fingerprint density at radius 2 is 1.85 bits per heavy atom. The van der Waals surface area contributed by atoms with Crippen LogP contribution in [0.3, 0.4) is 0 Å². The van der Waals surface area contributed by atoms with Crippen molar-refractivity contribution in [1.82, 2.24) is 9.97 Å². The molecule has 3 nitrogen and oxygen atoms in total. The average molecular weight is 371 g/mol. The summed E-state index contributed by atoms with van der Waals surface area (Å²) >= 11 is 8.40. The number of rotatable bonds is 2. The Morgan fingerprint density at radius 1 is 1.15 bits per heavy atom. The van der Waals surface area contributed by atoms with Gasteiger partial charge in [-0.15, -0.1) is 0 Å². The zero-order valence-corrected chi connectivity index (χ0v) is 11.8. The molecular formula is C11H5BrClF4N3. The van der Waals surface area contributed by atoms with E-state index >= 15 is 0 Å². The van der Waals surface area contributed by atoms with E-state index in [9.17, 15) is 17.6 Å². The molecule has 2 aromatic rings. The molecule has 1 heterocycles. The first-order valence-electron chi connectivity index (χ1n) is 5.09. The molecule has 2 rings (SSSR count). The first-order chi connectivity index (χ1) is 9.25. The molecule has 0 aliphatic rings. The fourth-order valence-electron chi connectivity index (χ4n) is 1.35. The van der Waals surface area contributed by atoms with Gasteiger partial charge in [0.25, 0.3) is 0 Å². The third kappa shape index (κ3) is 3.57. The van der Waals surface area contributed by atoms with Gasteiger partial charge >= 0.3 is 6.18 Å². The summed E-state index contributed by atoms with van der Waals surface area (Å²) in [5.41, 5.74) is -0.953. The highest BCUT2D eigenvalue weighted by Gasteiger charge is 2.33. The number of halogens is 6. The van der Waals surface area contributed by atoms with Crippen molar-refractivity contribution in [2.75, 3.05) is 5.32 Å². The van der Waals surface area contributed by atoms with E-state index in [0.29, 0.717) is 6.07 Å². The molecule has 0 aliphatic carbocycles. The lowest BCUT2D eigenvalue weighted by Gasteiger charge is -2.10. The van der Waals surface area contributed by atoms with Crippen molar-refractivity contribution in [2.45, 2.75) is 6.18 Å². The van der Waals surface area contributed by atoms with E-state index < -0.39 is 23.0 Å². The van der Waals surface area contributed by atoms with Crippen molar-refractivity contribution >= 4 is 39.0 Å². The van der Waals surface area contributed by atoms with Crippen LogP contribution in [0.2, 0.25) is 5.28 Å². The third-order valence-corrected chi connectivity index (χ3v) is 2.99. The van der Waals surface area contributed by atoms with Crippen LogP contribution in [0.15, 0.2) is 28.7 Å². The molecule has 0 unspecified atom stereocenters. The summed E-state index contributed by atoms with van der Waals surface area (Å²) in [6, 6.07) is 4.67. The van der Waals surface area contributed by atoms with Gasteiger partial charge < -0.3 is 5.32 Å². The van der Waals surface area contributed by atoms with Crippen LogP contribution >= 0.6 is 27.5 Å². The van der Waals surface area contributed by atoms with Crippen LogP contribution in [0.4, 0.5) is 29.1 Å². The van der Waals surface area contributed by atoms with Crippen LogP contribution in [0.5, 0.6) is 0 Å². The predicted molar refractivity (Wildman–Crippen MR) is 69.4 cm³/mol. The number of nitrogens with one attached hydrogen (secondary N) is 1. The molecule has 0 fully saturated rings. The van der Waals surface area contributed by atoms with E-state index in [1.807, 2.05) is 0 Å². The Kier molecular flexibility index (Phi) is 4.14. The summed E-state index contributed by atoms with van der Waals surface area (Å²) in [6.07, 6.45) is -4.64. The summed E-state index contributed by atoms with van der Waals surface area (Å²) in [6.45, 7) is 0. The SMILES string of the molecule is Fc1cc(Nc2cc(C(F)(F)F)nc(Cl)n2)ccc1Br. The molecule has 106 valence electrons. The molecule has 0 amide bonds. The fraction of sp³-hybridized carbons (Fsp3) is 0.0909. The number of hydrogen-bond donors (Lipinski definition) is 1. The second kappa shape index (κ2) is 5.53. The molecule has 1 aromatic heterocycles. The van der Waals surface area contributed by atoms with E-state index in [1.54, 1.807) is 0 Å². The van der Waals surface area contributed by atoms with Crippen LogP contribution in [-0.4, -0.2) is 9.97 Å². The van der Waals surface area contributed by atoms with Gasteiger partial charge in [0.15, 0.2) is 5.69 Å². The Bertz CT molecular complexity index is 648. The van der Waals surface area contributed by atoms with Crippen LogP contribution in [0.25, 0.3) is 0 Å². The van der Waals surface area contributed by atoms with Gasteiger partial charge in [-0.2, -0.15) is 13.2 Å². The minimum absolute atomic E-state index is 0.181. The molecule has 0 aliphatic heterocycles. The van der Waals surface area contributed by atoms with Gasteiger partial charge in [-0.1, -0.05) is 0 Å². The minimum Gasteiger partial charge on any atom is -0.340 e. The van der Waals surface area contributed by atoms with Crippen LogP contribution < -0.4 is 5.32 Å². The van der Waals surface area contributed by atoms with E-state index in [-0.39, 0.29) is 16.0 Å². The average Bonchev–Trinajstić information content (AvgIpc) is 2.32. The van der Waals surface area contributed by atoms with Crippen LogP contribution in [0.1, 0.15) is 5.69 Å². The summed E-state index contributed by atoms with van der Waals surface area (Å²) in [5.74, 6) is -0.745. The summed E-state index contributed by atoms with van der Waals surface area (Å²) in [4.78, 5) is 6.69. The molecule has 1 N–H and O–H groups in total. The predicted octanol–water partition coefficient (Wildman–Crippen LogP) is 4.79. The summed E-state index contributed by atoms with van der Waals surface area (Å²) in [7, 11) is 0. The Hall–Kier alpha value is -1.41. The first kappa shape index (κ1) is 15.0. The summed E-state index contributed by atoms with van der Waals surface area (Å²) in [5, 5.41) is 1.97. The van der Waals surface area contributed by atoms with Gasteiger partial charge in [0, 0.05) is 11.8 Å². The maximum atomic E-state index is 13.3. The van der Waals surface area contributed by atoms with Gasteiger partial charge in [-0.25, -0.2) is 14.4 Å². The molecule has 0 radical (unpaired) electrons. The lowest BCUT2D eigenvalue weighted by atomic mass is 10.3. The normalized spacial score (nSPS) is 11.5. The van der Waals surface area contributed by atoms with E-state index in [4.69, 9.17) is 11.6 Å². The van der Waals surface area contributed by atoms with Gasteiger partial charge in [0.1, 0.15) is 11.6 Å². The smallest absolute Gasteiger partial charge is 0.340 e. The number of nitrogens with zero attached hydrogens (tertiary/aromatic N) is 2. The van der Waals surface area contributed by atoms with Crippen molar-refractivity contribution < 1.29 is 17.6 Å². The third-order valence-electron chi connectivity index (χ3n) is 2.18. The molecule has 1 aromatic carbocycles. The molecule has 0 spiro atoms. The molecule has 0 bridgehead atoms. The maximum absolute atomic E-state index is 13.3. The van der Waals surface area contributed by atoms with Crippen molar-refractivity contribution in [3.05, 3.63) is 45.5 Å². The monoisotopic (exact) mass is 369 g/mol. The second-order valence-corrected chi connectivity index (χ2v) is 4.85. The number of hydrogen-bond acceptors (Lipinski definition) is 3. The lowest BCUT2D eigenvalue weighted by molar-refractivity contribution is -0.141. The van der Waals surface area contributed by atoms with E-state index in [0.717, 1.165) is 6.07 Å². The molecule has 0 saturated heterocycles. The highest BCUT2D eigenvalue weighted by molar-refractivity contribution is 9.10.